The summed E-state index contributed by atoms with van der Waals surface area (Å²) in [7, 11) is 3.07. The molecule has 0 aliphatic carbocycles. The molecule has 25 heavy (non-hydrogen) atoms. The predicted octanol–water partition coefficient (Wildman–Crippen LogP) is 3.34. The zero-order valence-electron chi connectivity index (χ0n) is 15.1. The van der Waals surface area contributed by atoms with E-state index in [0.717, 1.165) is 25.8 Å². The fraction of sp³-hybridized carbons (Fsp3) is 0.444. The summed E-state index contributed by atoms with van der Waals surface area (Å²) in [6.45, 7) is 4.77. The van der Waals surface area contributed by atoms with E-state index in [1.165, 1.54) is 7.11 Å². The molecule has 0 unspecified atom stereocenters. The summed E-state index contributed by atoms with van der Waals surface area (Å²) in [5.74, 6) is 1.34. The molecule has 0 aromatic carbocycles. The van der Waals surface area contributed by atoms with Crippen LogP contribution in [0.2, 0.25) is 0 Å². The van der Waals surface area contributed by atoms with Gasteiger partial charge in [-0.2, -0.15) is 10.2 Å². The van der Waals surface area contributed by atoms with Crippen molar-refractivity contribution in [2.45, 2.75) is 33.1 Å². The van der Waals surface area contributed by atoms with Gasteiger partial charge in [-0.15, -0.1) is 0 Å². The second-order valence-electron chi connectivity index (χ2n) is 5.51. The Kier molecular flexibility index (Phi) is 6.52. The molecule has 0 aliphatic rings. The van der Waals surface area contributed by atoms with Gasteiger partial charge in [-0.05, 0) is 19.4 Å². The largest absolute Gasteiger partial charge is 0.481 e. The molecule has 2 heterocycles. The number of ether oxygens (including phenoxy) is 2. The summed E-state index contributed by atoms with van der Waals surface area (Å²) < 4.78 is 10.5. The number of nitriles is 1. The van der Waals surface area contributed by atoms with Crippen molar-refractivity contribution in [3.63, 3.8) is 0 Å². The third-order valence-corrected chi connectivity index (χ3v) is 3.74. The average molecular weight is 341 g/mol. The van der Waals surface area contributed by atoms with Crippen molar-refractivity contribution in [3.8, 4) is 29.1 Å². The van der Waals surface area contributed by atoms with Crippen LogP contribution in [0, 0.1) is 18.3 Å². The summed E-state index contributed by atoms with van der Waals surface area (Å²) in [6, 6.07) is 5.64. The van der Waals surface area contributed by atoms with Gasteiger partial charge in [0.1, 0.15) is 6.07 Å². The Morgan fingerprint density at radius 1 is 1.12 bits per heavy atom. The first-order valence-corrected chi connectivity index (χ1v) is 8.26. The minimum absolute atomic E-state index is 0.259. The fourth-order valence-corrected chi connectivity index (χ4v) is 2.43. The highest BCUT2D eigenvalue weighted by Gasteiger charge is 2.17. The second kappa shape index (κ2) is 8.83. The van der Waals surface area contributed by atoms with E-state index in [-0.39, 0.29) is 5.69 Å². The number of nitrogens with one attached hydrogen (secondary N) is 1. The number of anilines is 1. The number of aromatic nitrogens is 3. The highest BCUT2D eigenvalue weighted by Crippen LogP contribution is 2.31. The highest BCUT2D eigenvalue weighted by atomic mass is 16.5. The van der Waals surface area contributed by atoms with E-state index >= 15 is 0 Å². The Morgan fingerprint density at radius 3 is 2.56 bits per heavy atom. The van der Waals surface area contributed by atoms with Crippen LogP contribution in [0.25, 0.3) is 11.3 Å². The lowest BCUT2D eigenvalue weighted by atomic mass is 10.1. The first-order valence-electron chi connectivity index (χ1n) is 8.26. The topological polar surface area (TPSA) is 93.0 Å². The molecule has 2 rings (SSSR count). The first kappa shape index (κ1) is 18.5. The van der Waals surface area contributed by atoms with Gasteiger partial charge in [0.2, 0.25) is 11.8 Å². The van der Waals surface area contributed by atoms with Gasteiger partial charge in [-0.25, -0.2) is 9.97 Å². The van der Waals surface area contributed by atoms with Crippen molar-refractivity contribution in [2.24, 2.45) is 0 Å². The molecule has 7 nitrogen and oxygen atoms in total. The molecule has 2 aromatic heterocycles. The minimum atomic E-state index is 0.259. The maximum Gasteiger partial charge on any atom is 0.226 e. The molecule has 1 N–H and O–H groups in total. The molecule has 0 fully saturated rings. The number of hydrogen-bond donors (Lipinski definition) is 1. The summed E-state index contributed by atoms with van der Waals surface area (Å²) in [6.07, 6.45) is 3.30. The number of methoxy groups -OCH3 is 2. The van der Waals surface area contributed by atoms with Crippen LogP contribution in [0.3, 0.4) is 0 Å². The lowest BCUT2D eigenvalue weighted by Crippen LogP contribution is -2.09. The molecule has 0 saturated heterocycles. The van der Waals surface area contributed by atoms with E-state index in [2.05, 4.69) is 33.3 Å². The second-order valence-corrected chi connectivity index (χ2v) is 5.51. The van der Waals surface area contributed by atoms with Crippen LogP contribution in [0.1, 0.15) is 37.6 Å². The van der Waals surface area contributed by atoms with E-state index in [9.17, 15) is 5.26 Å². The quantitative estimate of drug-likeness (QED) is 0.736. The number of hydrogen-bond acceptors (Lipinski definition) is 7. The van der Waals surface area contributed by atoms with Gasteiger partial charge in [0.05, 0.1) is 31.2 Å². The standard InChI is InChI=1S/C18H23N5O2/c1-5-6-7-10-20-17-14(11-19)22-16(12(2)21-17)13-8-9-15(24-3)23-18(13)25-4/h8-9H,5-7,10H2,1-4H3,(H,20,21). The summed E-state index contributed by atoms with van der Waals surface area (Å²) in [4.78, 5) is 13.3. The summed E-state index contributed by atoms with van der Waals surface area (Å²) >= 11 is 0. The van der Waals surface area contributed by atoms with Gasteiger partial charge < -0.3 is 14.8 Å². The predicted molar refractivity (Wildman–Crippen MR) is 95.8 cm³/mol. The van der Waals surface area contributed by atoms with Crippen LogP contribution in [0.4, 0.5) is 5.82 Å². The van der Waals surface area contributed by atoms with Gasteiger partial charge in [0.25, 0.3) is 0 Å². The molecule has 0 bridgehead atoms. The van der Waals surface area contributed by atoms with Crippen molar-refractivity contribution in [1.29, 1.82) is 5.26 Å². The Hall–Kier alpha value is -2.88. The average Bonchev–Trinajstić information content (AvgIpc) is 2.65. The SMILES string of the molecule is CCCCCNc1nc(C)c(-c2ccc(OC)nc2OC)nc1C#N. The van der Waals surface area contributed by atoms with Crippen molar-refractivity contribution in [3.05, 3.63) is 23.5 Å². The van der Waals surface area contributed by atoms with Gasteiger partial charge in [0, 0.05) is 12.6 Å². The Labute approximate surface area is 148 Å². The van der Waals surface area contributed by atoms with Gasteiger partial charge in [-0.3, -0.25) is 0 Å². The van der Waals surface area contributed by atoms with Crippen molar-refractivity contribution >= 4 is 5.82 Å². The van der Waals surface area contributed by atoms with E-state index < -0.39 is 0 Å². The smallest absolute Gasteiger partial charge is 0.226 e. The number of pyridine rings is 1. The molecular formula is C18H23N5O2. The monoisotopic (exact) mass is 341 g/mol. The molecule has 7 heteroatoms. The number of aryl methyl sites for hydroxylation is 1. The van der Waals surface area contributed by atoms with E-state index in [4.69, 9.17) is 9.47 Å². The molecular weight excluding hydrogens is 318 g/mol. The molecule has 0 spiro atoms. The van der Waals surface area contributed by atoms with Gasteiger partial charge in [0.15, 0.2) is 11.5 Å². The maximum absolute atomic E-state index is 9.43. The molecule has 2 aromatic rings. The lowest BCUT2D eigenvalue weighted by molar-refractivity contribution is 0.365. The lowest BCUT2D eigenvalue weighted by Gasteiger charge is -2.13. The summed E-state index contributed by atoms with van der Waals surface area (Å²) in [5.41, 5.74) is 2.20. The van der Waals surface area contributed by atoms with Crippen LogP contribution in [0.5, 0.6) is 11.8 Å². The van der Waals surface area contributed by atoms with Crippen LogP contribution in [-0.4, -0.2) is 35.7 Å². The van der Waals surface area contributed by atoms with Crippen LogP contribution < -0.4 is 14.8 Å². The van der Waals surface area contributed by atoms with Gasteiger partial charge in [-0.1, -0.05) is 19.8 Å². The minimum Gasteiger partial charge on any atom is -0.481 e. The molecule has 0 amide bonds. The van der Waals surface area contributed by atoms with E-state index in [1.54, 1.807) is 19.2 Å². The third kappa shape index (κ3) is 4.35. The van der Waals surface area contributed by atoms with Gasteiger partial charge >= 0.3 is 0 Å². The zero-order chi connectivity index (χ0) is 18.2. The van der Waals surface area contributed by atoms with E-state index in [1.807, 2.05) is 6.92 Å². The Balaban J connectivity index is 2.38. The Morgan fingerprint density at radius 2 is 1.92 bits per heavy atom. The van der Waals surface area contributed by atoms with Crippen molar-refractivity contribution in [2.75, 3.05) is 26.1 Å². The number of unbranched alkanes of at least 4 members (excludes halogenated alkanes) is 2. The van der Waals surface area contributed by atoms with Crippen LogP contribution in [-0.2, 0) is 0 Å². The van der Waals surface area contributed by atoms with Crippen molar-refractivity contribution < 1.29 is 9.47 Å². The molecule has 0 saturated carbocycles. The molecule has 0 atom stereocenters. The first-order chi connectivity index (χ1) is 12.1. The zero-order valence-corrected chi connectivity index (χ0v) is 15.1. The number of nitrogens with zero attached hydrogens (tertiary/aromatic N) is 4. The third-order valence-electron chi connectivity index (χ3n) is 3.74. The normalized spacial score (nSPS) is 10.2. The molecule has 0 aliphatic heterocycles. The molecule has 132 valence electrons. The maximum atomic E-state index is 9.43. The van der Waals surface area contributed by atoms with Crippen molar-refractivity contribution in [1.82, 2.24) is 15.0 Å². The summed E-state index contributed by atoms with van der Waals surface area (Å²) in [5, 5.41) is 12.6. The Bertz CT molecular complexity index is 771. The van der Waals surface area contributed by atoms with Crippen LogP contribution >= 0.6 is 0 Å². The molecule has 0 radical (unpaired) electrons. The number of rotatable bonds is 8. The van der Waals surface area contributed by atoms with Crippen LogP contribution in [0.15, 0.2) is 12.1 Å². The fourth-order valence-electron chi connectivity index (χ4n) is 2.43. The highest BCUT2D eigenvalue weighted by molar-refractivity contribution is 5.69. The van der Waals surface area contributed by atoms with E-state index in [0.29, 0.717) is 34.5 Å².